The van der Waals surface area contributed by atoms with Gasteiger partial charge in [-0.1, -0.05) is 5.92 Å². The molecule has 1 aromatic carbocycles. The van der Waals surface area contributed by atoms with E-state index in [4.69, 9.17) is 6.42 Å². The van der Waals surface area contributed by atoms with E-state index in [1.807, 2.05) is 24.1 Å². The number of carbonyl (C=O) groups is 1. The highest BCUT2D eigenvalue weighted by molar-refractivity contribution is 9.10. The number of hydrogen-bond acceptors (Lipinski definition) is 2. The molecule has 0 aliphatic rings. The lowest BCUT2D eigenvalue weighted by atomic mass is 10.1. The van der Waals surface area contributed by atoms with Crippen molar-refractivity contribution in [3.05, 3.63) is 28.2 Å². The van der Waals surface area contributed by atoms with Crippen molar-refractivity contribution >= 4 is 27.4 Å². The van der Waals surface area contributed by atoms with Crippen LogP contribution in [0, 0.1) is 12.3 Å². The van der Waals surface area contributed by atoms with E-state index < -0.39 is 0 Å². The van der Waals surface area contributed by atoms with Gasteiger partial charge in [0, 0.05) is 17.1 Å². The van der Waals surface area contributed by atoms with Crippen molar-refractivity contribution in [1.29, 1.82) is 0 Å². The second kappa shape index (κ2) is 4.99. The number of anilines is 1. The molecule has 2 nitrogen and oxygen atoms in total. The maximum absolute atomic E-state index is 11.1. The molecule has 0 fully saturated rings. The van der Waals surface area contributed by atoms with E-state index in [0.29, 0.717) is 12.1 Å². The smallest absolute Gasteiger partial charge is 0.159 e. The highest BCUT2D eigenvalue weighted by atomic mass is 79.9. The van der Waals surface area contributed by atoms with Gasteiger partial charge in [0.25, 0.3) is 0 Å². The second-order valence-electron chi connectivity index (χ2n) is 3.28. The van der Waals surface area contributed by atoms with Crippen LogP contribution in [0.4, 0.5) is 5.69 Å². The number of rotatable bonds is 3. The number of halogens is 1. The highest BCUT2D eigenvalue weighted by Gasteiger charge is 2.07. The largest absolute Gasteiger partial charge is 0.363 e. The molecule has 0 unspecified atom stereocenters. The van der Waals surface area contributed by atoms with Crippen molar-refractivity contribution in [3.63, 3.8) is 0 Å². The Hall–Kier alpha value is -1.27. The van der Waals surface area contributed by atoms with Gasteiger partial charge in [-0.3, -0.25) is 4.79 Å². The van der Waals surface area contributed by atoms with E-state index >= 15 is 0 Å². The maximum Gasteiger partial charge on any atom is 0.159 e. The van der Waals surface area contributed by atoms with Crippen molar-refractivity contribution in [3.8, 4) is 12.3 Å². The van der Waals surface area contributed by atoms with Gasteiger partial charge in [-0.15, -0.1) is 6.42 Å². The molecule has 0 aliphatic carbocycles. The maximum atomic E-state index is 11.1. The average molecular weight is 266 g/mol. The van der Waals surface area contributed by atoms with Gasteiger partial charge in [0.15, 0.2) is 5.78 Å². The molecule has 0 aliphatic heterocycles. The van der Waals surface area contributed by atoms with Crippen LogP contribution in [0.25, 0.3) is 0 Å². The first-order valence-corrected chi connectivity index (χ1v) is 5.30. The van der Waals surface area contributed by atoms with E-state index in [9.17, 15) is 4.79 Å². The molecule has 0 heterocycles. The number of Topliss-reactive ketones (excluding diaryl/α,β-unsaturated/α-hetero) is 1. The molecule has 3 heteroatoms. The van der Waals surface area contributed by atoms with Crippen LogP contribution in [-0.2, 0) is 0 Å². The summed E-state index contributed by atoms with van der Waals surface area (Å²) < 4.78 is 0.882. The summed E-state index contributed by atoms with van der Waals surface area (Å²) in [5.74, 6) is 2.63. The molecular weight excluding hydrogens is 254 g/mol. The summed E-state index contributed by atoms with van der Waals surface area (Å²) >= 11 is 3.42. The molecule has 0 spiro atoms. The van der Waals surface area contributed by atoms with Crippen LogP contribution in [-0.4, -0.2) is 19.4 Å². The summed E-state index contributed by atoms with van der Waals surface area (Å²) in [6, 6.07) is 5.50. The van der Waals surface area contributed by atoms with Gasteiger partial charge < -0.3 is 4.90 Å². The lowest BCUT2D eigenvalue weighted by molar-refractivity contribution is 0.101. The number of hydrogen-bond donors (Lipinski definition) is 0. The van der Waals surface area contributed by atoms with Crippen molar-refractivity contribution < 1.29 is 4.79 Å². The molecule has 0 radical (unpaired) electrons. The zero-order valence-corrected chi connectivity index (χ0v) is 10.3. The monoisotopic (exact) mass is 265 g/mol. The molecule has 1 aromatic rings. The fourth-order valence-corrected chi connectivity index (χ4v) is 1.94. The van der Waals surface area contributed by atoms with E-state index in [1.54, 1.807) is 13.0 Å². The minimum Gasteiger partial charge on any atom is -0.363 e. The summed E-state index contributed by atoms with van der Waals surface area (Å²) in [6.07, 6.45) is 5.23. The Labute approximate surface area is 98.4 Å². The average Bonchev–Trinajstić information content (AvgIpc) is 2.17. The summed E-state index contributed by atoms with van der Waals surface area (Å²) in [5, 5.41) is 0. The molecule has 0 saturated heterocycles. The minimum absolute atomic E-state index is 0.0573. The quantitative estimate of drug-likeness (QED) is 0.619. The fourth-order valence-electron chi connectivity index (χ4n) is 1.26. The third-order valence-corrected chi connectivity index (χ3v) is 2.73. The van der Waals surface area contributed by atoms with Gasteiger partial charge in [0.05, 0.1) is 12.2 Å². The molecule has 0 atom stereocenters. The van der Waals surface area contributed by atoms with Gasteiger partial charge in [-0.05, 0) is 41.1 Å². The molecule has 15 heavy (non-hydrogen) atoms. The Kier molecular flexibility index (Phi) is 3.93. The summed E-state index contributed by atoms with van der Waals surface area (Å²) in [4.78, 5) is 13.1. The number of benzene rings is 1. The van der Waals surface area contributed by atoms with Crippen LogP contribution in [0.3, 0.4) is 0 Å². The zero-order chi connectivity index (χ0) is 11.4. The normalized spacial score (nSPS) is 9.47. The van der Waals surface area contributed by atoms with Crippen molar-refractivity contribution in [2.45, 2.75) is 6.92 Å². The van der Waals surface area contributed by atoms with Crippen molar-refractivity contribution in [1.82, 2.24) is 0 Å². The van der Waals surface area contributed by atoms with E-state index in [-0.39, 0.29) is 5.78 Å². The Morgan fingerprint density at radius 2 is 2.27 bits per heavy atom. The van der Waals surface area contributed by atoms with Crippen LogP contribution in [0.2, 0.25) is 0 Å². The highest BCUT2D eigenvalue weighted by Crippen LogP contribution is 2.26. The Bertz CT molecular complexity index is 420. The standard InChI is InChI=1S/C12H12BrNO/c1-4-7-14(3)12-6-5-10(9(2)15)8-11(12)13/h1,5-6,8H,7H2,2-3H3. The van der Waals surface area contributed by atoms with Crippen molar-refractivity contribution in [2.75, 3.05) is 18.5 Å². The van der Waals surface area contributed by atoms with E-state index in [0.717, 1.165) is 10.2 Å². The molecule has 0 N–H and O–H groups in total. The van der Waals surface area contributed by atoms with Crippen LogP contribution >= 0.6 is 15.9 Å². The molecule has 0 saturated carbocycles. The molecule has 78 valence electrons. The third-order valence-electron chi connectivity index (χ3n) is 2.09. The first-order chi connectivity index (χ1) is 7.06. The van der Waals surface area contributed by atoms with Gasteiger partial charge >= 0.3 is 0 Å². The number of terminal acetylenes is 1. The fraction of sp³-hybridized carbons (Fsp3) is 0.250. The SMILES string of the molecule is C#CCN(C)c1ccc(C(C)=O)cc1Br. The van der Waals surface area contributed by atoms with E-state index in [2.05, 4.69) is 21.9 Å². The van der Waals surface area contributed by atoms with Crippen LogP contribution in [0.15, 0.2) is 22.7 Å². The second-order valence-corrected chi connectivity index (χ2v) is 4.14. The zero-order valence-electron chi connectivity index (χ0n) is 8.75. The van der Waals surface area contributed by atoms with Crippen molar-refractivity contribution in [2.24, 2.45) is 0 Å². The van der Waals surface area contributed by atoms with Crippen LogP contribution < -0.4 is 4.90 Å². The molecule has 1 rings (SSSR count). The lowest BCUT2D eigenvalue weighted by Gasteiger charge is -2.18. The predicted octanol–water partition coefficient (Wildman–Crippen LogP) is 2.72. The minimum atomic E-state index is 0.0573. The molecule has 0 bridgehead atoms. The topological polar surface area (TPSA) is 20.3 Å². The third kappa shape index (κ3) is 2.84. The molecule has 0 amide bonds. The molecule has 0 aromatic heterocycles. The van der Waals surface area contributed by atoms with Gasteiger partial charge in [0.2, 0.25) is 0 Å². The Balaban J connectivity index is 3.03. The van der Waals surface area contributed by atoms with Gasteiger partial charge in [0.1, 0.15) is 0 Å². The van der Waals surface area contributed by atoms with Crippen LogP contribution in [0.5, 0.6) is 0 Å². The van der Waals surface area contributed by atoms with Gasteiger partial charge in [-0.25, -0.2) is 0 Å². The first kappa shape index (κ1) is 11.8. The Morgan fingerprint density at radius 1 is 1.60 bits per heavy atom. The number of nitrogens with zero attached hydrogens (tertiary/aromatic N) is 1. The predicted molar refractivity (Wildman–Crippen MR) is 66.2 cm³/mol. The lowest BCUT2D eigenvalue weighted by Crippen LogP contribution is -2.17. The first-order valence-electron chi connectivity index (χ1n) is 4.51. The number of ketones is 1. The number of carbonyl (C=O) groups excluding carboxylic acids is 1. The van der Waals surface area contributed by atoms with Gasteiger partial charge in [-0.2, -0.15) is 0 Å². The molecular formula is C12H12BrNO. The van der Waals surface area contributed by atoms with E-state index in [1.165, 1.54) is 0 Å². The summed E-state index contributed by atoms with van der Waals surface area (Å²) in [7, 11) is 1.91. The summed E-state index contributed by atoms with van der Waals surface area (Å²) in [5.41, 5.74) is 1.68. The van der Waals surface area contributed by atoms with Crippen LogP contribution in [0.1, 0.15) is 17.3 Å². The Morgan fingerprint density at radius 3 is 2.73 bits per heavy atom. The summed E-state index contributed by atoms with van der Waals surface area (Å²) in [6.45, 7) is 2.09.